The molecular formula is C23H25FN4O5S. The Morgan fingerprint density at radius 2 is 2.03 bits per heavy atom. The van der Waals surface area contributed by atoms with E-state index in [2.05, 4.69) is 15.3 Å². The Hall–Kier alpha value is -3.47. The summed E-state index contributed by atoms with van der Waals surface area (Å²) >= 11 is 0. The number of nitrogens with zero attached hydrogens (tertiary/aromatic N) is 3. The van der Waals surface area contributed by atoms with Gasteiger partial charge in [-0.05, 0) is 37.5 Å². The molecule has 180 valence electrons. The molecule has 0 atom stereocenters. The van der Waals surface area contributed by atoms with Crippen LogP contribution in [0.2, 0.25) is 0 Å². The highest BCUT2D eigenvalue weighted by molar-refractivity contribution is 7.92. The van der Waals surface area contributed by atoms with Gasteiger partial charge in [0.05, 0.1) is 19.5 Å². The van der Waals surface area contributed by atoms with Crippen molar-refractivity contribution in [3.63, 3.8) is 0 Å². The van der Waals surface area contributed by atoms with Gasteiger partial charge in [-0.2, -0.15) is 0 Å². The van der Waals surface area contributed by atoms with Crippen LogP contribution in [0.1, 0.15) is 35.3 Å². The molecule has 1 amide bonds. The second-order valence-electron chi connectivity index (χ2n) is 7.84. The van der Waals surface area contributed by atoms with Crippen molar-refractivity contribution in [2.45, 2.75) is 25.8 Å². The molecule has 0 saturated carbocycles. The van der Waals surface area contributed by atoms with Crippen LogP contribution in [0.25, 0.3) is 10.9 Å². The molecule has 1 aliphatic rings. The van der Waals surface area contributed by atoms with Gasteiger partial charge >= 0.3 is 0 Å². The molecule has 3 heterocycles. The molecule has 1 aromatic carbocycles. The summed E-state index contributed by atoms with van der Waals surface area (Å²) in [7, 11) is -0.926. The molecule has 1 aliphatic heterocycles. The van der Waals surface area contributed by atoms with Crippen molar-refractivity contribution in [2.75, 3.05) is 30.8 Å². The van der Waals surface area contributed by atoms with Crippen molar-refractivity contribution < 1.29 is 27.1 Å². The average molecular weight is 489 g/mol. The maximum absolute atomic E-state index is 13.8. The minimum Gasteiger partial charge on any atom is -0.493 e. The molecule has 3 aromatic rings. The van der Waals surface area contributed by atoms with E-state index in [1.807, 2.05) is 0 Å². The number of fused-ring (bicyclic) bond motifs is 5. The maximum Gasteiger partial charge on any atom is 0.274 e. The molecule has 2 bridgehead atoms. The lowest BCUT2D eigenvalue weighted by Gasteiger charge is -2.22. The van der Waals surface area contributed by atoms with E-state index >= 15 is 0 Å². The lowest BCUT2D eigenvalue weighted by atomic mass is 10.1. The molecular weight excluding hydrogens is 463 g/mol. The van der Waals surface area contributed by atoms with E-state index in [0.29, 0.717) is 48.1 Å². The topological polar surface area (TPSA) is 111 Å². The summed E-state index contributed by atoms with van der Waals surface area (Å²) in [5, 5.41) is 3.19. The number of anilines is 1. The highest BCUT2D eigenvalue weighted by Gasteiger charge is 2.27. The monoisotopic (exact) mass is 488 g/mol. The number of rotatable bonds is 1. The predicted octanol–water partition coefficient (Wildman–Crippen LogP) is 3.04. The van der Waals surface area contributed by atoms with Crippen molar-refractivity contribution in [1.29, 1.82) is 0 Å². The molecule has 1 N–H and O–H groups in total. The number of pyridine rings is 2. The first kappa shape index (κ1) is 23.7. The van der Waals surface area contributed by atoms with Crippen molar-refractivity contribution in [3.05, 3.63) is 53.6 Å². The van der Waals surface area contributed by atoms with Crippen molar-refractivity contribution >= 4 is 32.7 Å². The molecule has 0 spiro atoms. The highest BCUT2D eigenvalue weighted by atomic mass is 32.2. The molecule has 34 heavy (non-hydrogen) atoms. The fourth-order valence-electron chi connectivity index (χ4n) is 3.77. The number of sulfonamides is 1. The third-order valence-electron chi connectivity index (χ3n) is 5.60. The molecule has 0 fully saturated rings. The molecule has 2 aromatic heterocycles. The molecule has 11 heteroatoms. The van der Waals surface area contributed by atoms with Gasteiger partial charge in [0.15, 0.2) is 17.3 Å². The van der Waals surface area contributed by atoms with Gasteiger partial charge in [-0.25, -0.2) is 17.8 Å². The lowest BCUT2D eigenvalue weighted by molar-refractivity contribution is 0.0942. The van der Waals surface area contributed by atoms with Gasteiger partial charge < -0.3 is 14.8 Å². The number of halogens is 1. The third kappa shape index (κ3) is 4.74. The zero-order chi connectivity index (χ0) is 24.3. The molecule has 0 aliphatic carbocycles. The summed E-state index contributed by atoms with van der Waals surface area (Å²) in [6.07, 6.45) is 3.14. The minimum absolute atomic E-state index is 0.0447. The fourth-order valence-corrected chi connectivity index (χ4v) is 5.01. The van der Waals surface area contributed by atoms with Crippen LogP contribution in [0.3, 0.4) is 0 Å². The van der Waals surface area contributed by atoms with Crippen LogP contribution in [0.15, 0.2) is 36.5 Å². The van der Waals surface area contributed by atoms with Gasteiger partial charge in [-0.3, -0.25) is 14.1 Å². The molecule has 0 saturated heterocycles. The van der Waals surface area contributed by atoms with Crippen LogP contribution in [0.4, 0.5) is 10.2 Å². The van der Waals surface area contributed by atoms with Gasteiger partial charge in [-0.1, -0.05) is 6.07 Å². The SMILES string of the molecule is COc1c2nc(c3cccnc13)N(C)S(=O)(=O)CCCCCOc1cc(F)ccc1CNC2=O. The first-order chi connectivity index (χ1) is 16.3. The van der Waals surface area contributed by atoms with Gasteiger partial charge in [0.2, 0.25) is 10.0 Å². The number of hydrogen-bond donors (Lipinski definition) is 1. The van der Waals surface area contributed by atoms with Crippen LogP contribution in [0, 0.1) is 5.82 Å². The standard InChI is InChI=1S/C23H25FN4O5S/c1-28-22-17-7-6-10-25-19(17)21(32-2)20(27-22)23(29)26-14-15-8-9-16(24)13-18(15)33-11-4-3-5-12-34(28,30)31/h6-10,13H,3-5,11-12,14H2,1-2H3,(H,26,29). The third-order valence-corrected chi connectivity index (χ3v) is 7.42. The van der Waals surface area contributed by atoms with Gasteiger partial charge in [0.1, 0.15) is 17.1 Å². The summed E-state index contributed by atoms with van der Waals surface area (Å²) in [6.45, 7) is 0.341. The van der Waals surface area contributed by atoms with E-state index in [-0.39, 0.29) is 29.6 Å². The van der Waals surface area contributed by atoms with Crippen molar-refractivity contribution in [3.8, 4) is 11.5 Å². The highest BCUT2D eigenvalue weighted by Crippen LogP contribution is 2.34. The van der Waals surface area contributed by atoms with Crippen molar-refractivity contribution in [2.24, 2.45) is 0 Å². The molecule has 0 radical (unpaired) electrons. The number of carbonyl (C=O) groups excluding carboxylic acids is 1. The van der Waals surface area contributed by atoms with E-state index < -0.39 is 21.7 Å². The minimum atomic E-state index is -3.73. The van der Waals surface area contributed by atoms with E-state index in [4.69, 9.17) is 9.47 Å². The summed E-state index contributed by atoms with van der Waals surface area (Å²) in [5.41, 5.74) is 0.802. The summed E-state index contributed by atoms with van der Waals surface area (Å²) in [4.78, 5) is 21.9. The van der Waals surface area contributed by atoms with Crippen molar-refractivity contribution in [1.82, 2.24) is 15.3 Å². The first-order valence-corrected chi connectivity index (χ1v) is 12.4. The first-order valence-electron chi connectivity index (χ1n) is 10.8. The van der Waals surface area contributed by atoms with E-state index in [0.717, 1.165) is 4.31 Å². The average Bonchev–Trinajstić information content (AvgIpc) is 2.83. The quantitative estimate of drug-likeness (QED) is 0.561. The second kappa shape index (κ2) is 9.80. The Kier molecular flexibility index (Phi) is 6.82. The second-order valence-corrected chi connectivity index (χ2v) is 9.96. The number of hydrogen-bond acceptors (Lipinski definition) is 7. The largest absolute Gasteiger partial charge is 0.493 e. The van der Waals surface area contributed by atoms with Crippen LogP contribution in [-0.4, -0.2) is 50.8 Å². The van der Waals surface area contributed by atoms with Gasteiger partial charge in [-0.15, -0.1) is 0 Å². The number of ether oxygens (including phenoxy) is 2. The number of amides is 1. The number of carbonyl (C=O) groups is 1. The normalized spacial score (nSPS) is 16.9. The Balaban J connectivity index is 1.84. The number of nitrogens with one attached hydrogen (secondary N) is 1. The van der Waals surface area contributed by atoms with Gasteiger partial charge in [0.25, 0.3) is 5.91 Å². The van der Waals surface area contributed by atoms with Crippen LogP contribution < -0.4 is 19.1 Å². The number of benzene rings is 1. The summed E-state index contributed by atoms with van der Waals surface area (Å²) in [6, 6.07) is 7.45. The zero-order valence-corrected chi connectivity index (χ0v) is 19.7. The molecule has 9 nitrogen and oxygen atoms in total. The van der Waals surface area contributed by atoms with Crippen LogP contribution in [0.5, 0.6) is 11.5 Å². The Morgan fingerprint density at radius 1 is 1.21 bits per heavy atom. The van der Waals surface area contributed by atoms with Crippen LogP contribution >= 0.6 is 0 Å². The Morgan fingerprint density at radius 3 is 2.82 bits per heavy atom. The van der Waals surface area contributed by atoms with E-state index in [9.17, 15) is 17.6 Å². The number of aromatic nitrogens is 2. The lowest BCUT2D eigenvalue weighted by Crippen LogP contribution is -2.31. The van der Waals surface area contributed by atoms with Crippen LogP contribution in [-0.2, 0) is 16.6 Å². The zero-order valence-electron chi connectivity index (χ0n) is 18.9. The van der Waals surface area contributed by atoms with Gasteiger partial charge in [0, 0.05) is 36.8 Å². The molecule has 0 unspecified atom stereocenters. The fraction of sp³-hybridized carbons (Fsp3) is 0.348. The molecule has 4 rings (SSSR count). The Bertz CT molecular complexity index is 1330. The Labute approximate surface area is 197 Å². The van der Waals surface area contributed by atoms with E-state index in [1.165, 1.54) is 32.5 Å². The number of methoxy groups -OCH3 is 1. The summed E-state index contributed by atoms with van der Waals surface area (Å²) in [5.74, 6) is -0.626. The van der Waals surface area contributed by atoms with E-state index in [1.54, 1.807) is 18.2 Å². The maximum atomic E-state index is 13.8. The summed E-state index contributed by atoms with van der Waals surface area (Å²) < 4.78 is 52.1. The predicted molar refractivity (Wildman–Crippen MR) is 125 cm³/mol. The smallest absolute Gasteiger partial charge is 0.274 e.